The van der Waals surface area contributed by atoms with E-state index in [1.165, 1.54) is 44.9 Å². The fourth-order valence-corrected chi connectivity index (χ4v) is 6.19. The highest BCUT2D eigenvalue weighted by Crippen LogP contribution is 2.43. The van der Waals surface area contributed by atoms with Crippen molar-refractivity contribution in [2.45, 2.75) is 167 Å². The van der Waals surface area contributed by atoms with Crippen molar-refractivity contribution < 1.29 is 43.0 Å². The summed E-state index contributed by atoms with van der Waals surface area (Å²) < 4.78 is 33.3. The van der Waals surface area contributed by atoms with Gasteiger partial charge in [0.25, 0.3) is 0 Å². The van der Waals surface area contributed by atoms with Gasteiger partial charge in [-0.2, -0.15) is 0 Å². The molecule has 0 spiro atoms. The molecule has 10 heteroatoms. The highest BCUT2D eigenvalue weighted by Gasteiger charge is 2.26. The number of hydrogen-bond acceptors (Lipinski definition) is 8. The minimum Gasteiger partial charge on any atom is -0.457 e. The molecule has 0 aliphatic carbocycles. The summed E-state index contributed by atoms with van der Waals surface area (Å²) in [5.74, 6) is -0.415. The van der Waals surface area contributed by atoms with Crippen molar-refractivity contribution in [2.75, 3.05) is 33.0 Å². The summed E-state index contributed by atoms with van der Waals surface area (Å²) in [5, 5.41) is 18.4. The Morgan fingerprint density at radius 1 is 0.552 bits per heavy atom. The number of phosphoric acid groups is 1. The third-order valence-corrected chi connectivity index (χ3v) is 9.70. The zero-order valence-corrected chi connectivity index (χ0v) is 37.1. The number of rotatable bonds is 41. The van der Waals surface area contributed by atoms with E-state index in [4.69, 9.17) is 23.6 Å². The summed E-state index contributed by atoms with van der Waals surface area (Å²) in [7, 11) is -4.54. The van der Waals surface area contributed by atoms with Crippen LogP contribution in [0, 0.1) is 0 Å². The van der Waals surface area contributed by atoms with Crippen LogP contribution in [-0.4, -0.2) is 66.3 Å². The second-order valence-electron chi connectivity index (χ2n) is 14.3. The summed E-state index contributed by atoms with van der Waals surface area (Å²) >= 11 is 0. The van der Waals surface area contributed by atoms with E-state index in [0.717, 1.165) is 83.5 Å². The normalized spacial score (nSPS) is 14.9. The maximum atomic E-state index is 12.6. The fraction of sp³-hybridized carbons (Fsp3) is 0.646. The van der Waals surface area contributed by atoms with Gasteiger partial charge < -0.3 is 24.6 Å². The third-order valence-electron chi connectivity index (χ3n) is 8.75. The van der Waals surface area contributed by atoms with Crippen molar-refractivity contribution in [1.82, 2.24) is 0 Å². The molecule has 0 rings (SSSR count). The highest BCUT2D eigenvalue weighted by molar-refractivity contribution is 7.47. The molecule has 0 amide bonds. The van der Waals surface area contributed by atoms with E-state index in [2.05, 4.69) is 111 Å². The number of phosphoric ester groups is 1. The minimum atomic E-state index is -4.54. The standard InChI is InChI=1S/C48H81O9P/c1-3-5-7-9-11-13-15-17-19-21-22-23-25-27-29-31-33-35-37-39-41-54-44-47(45-56-58(52,53)55-43-46(50)42-49)57-48(51)40-38-36-34-32-30-28-26-24-20-18-16-14-12-10-8-6-4-2/h5,7,11-14,17-20,22-23,27,29,33,35,46-47,49-50H,3-4,6,8-10,15-16,21,24-26,28,30-32,34,36-45H2,1-2H3,(H,52,53)/b7-5-,13-11-,14-12-,19-17-,20-18-,23-22-,29-27-,35-33-. The summed E-state index contributed by atoms with van der Waals surface area (Å²) in [6.45, 7) is 3.18. The molecule has 3 N–H and O–H groups in total. The van der Waals surface area contributed by atoms with E-state index in [9.17, 15) is 19.4 Å². The number of carbonyl (C=O) groups excluding carboxylic acids is 1. The van der Waals surface area contributed by atoms with Gasteiger partial charge in [0, 0.05) is 13.0 Å². The molecule has 58 heavy (non-hydrogen) atoms. The van der Waals surface area contributed by atoms with E-state index in [1.807, 2.05) is 0 Å². The Bertz CT molecular complexity index is 1220. The highest BCUT2D eigenvalue weighted by atomic mass is 31.2. The Kier molecular flexibility index (Phi) is 42.0. The number of allylic oxidation sites excluding steroid dienone is 16. The van der Waals surface area contributed by atoms with Crippen LogP contribution >= 0.6 is 7.82 Å². The summed E-state index contributed by atoms with van der Waals surface area (Å²) in [6, 6.07) is 0. The third kappa shape index (κ3) is 43.0. The predicted octanol–water partition coefficient (Wildman–Crippen LogP) is 12.5. The monoisotopic (exact) mass is 833 g/mol. The second-order valence-corrected chi connectivity index (χ2v) is 15.8. The largest absolute Gasteiger partial charge is 0.472 e. The van der Waals surface area contributed by atoms with Gasteiger partial charge >= 0.3 is 13.8 Å². The average molecular weight is 833 g/mol. The van der Waals surface area contributed by atoms with Crippen LogP contribution in [0.5, 0.6) is 0 Å². The molecule has 0 aromatic rings. The topological polar surface area (TPSA) is 132 Å². The molecule has 0 saturated carbocycles. The van der Waals surface area contributed by atoms with E-state index < -0.39 is 45.8 Å². The molecule has 0 aliphatic rings. The van der Waals surface area contributed by atoms with Crippen LogP contribution in [0.3, 0.4) is 0 Å². The van der Waals surface area contributed by atoms with Crippen molar-refractivity contribution in [2.24, 2.45) is 0 Å². The van der Waals surface area contributed by atoms with Crippen molar-refractivity contribution in [3.63, 3.8) is 0 Å². The number of carbonyl (C=O) groups is 1. The number of aliphatic hydroxyl groups is 2. The first kappa shape index (κ1) is 55.4. The molecule has 3 atom stereocenters. The van der Waals surface area contributed by atoms with Crippen LogP contribution in [0.2, 0.25) is 0 Å². The molecule has 0 fully saturated rings. The summed E-state index contributed by atoms with van der Waals surface area (Å²) in [4.78, 5) is 22.6. The molecular weight excluding hydrogens is 751 g/mol. The molecule has 9 nitrogen and oxygen atoms in total. The Hall–Kier alpha value is -2.62. The lowest BCUT2D eigenvalue weighted by atomic mass is 10.1. The summed E-state index contributed by atoms with van der Waals surface area (Å²) in [5.41, 5.74) is 0. The van der Waals surface area contributed by atoms with Gasteiger partial charge in [-0.15, -0.1) is 0 Å². The van der Waals surface area contributed by atoms with Crippen LogP contribution in [-0.2, 0) is 27.9 Å². The lowest BCUT2D eigenvalue weighted by Gasteiger charge is -2.20. The van der Waals surface area contributed by atoms with Crippen LogP contribution in [0.25, 0.3) is 0 Å². The van der Waals surface area contributed by atoms with Gasteiger partial charge in [-0.3, -0.25) is 13.8 Å². The van der Waals surface area contributed by atoms with Crippen molar-refractivity contribution in [3.05, 3.63) is 97.2 Å². The minimum absolute atomic E-state index is 0.000306. The molecule has 0 radical (unpaired) electrons. The first-order valence-electron chi connectivity index (χ1n) is 22.2. The Labute approximate surface area is 353 Å². The number of unbranched alkanes of at least 4 members (excludes halogenated alkanes) is 11. The van der Waals surface area contributed by atoms with Crippen LogP contribution < -0.4 is 0 Å². The SMILES string of the molecule is CC/C=C\C/C=C\C/C=C\C/C=C\C/C=C\C/C=C\CCCOCC(COP(=O)(O)OCC(O)CO)OC(=O)CCCCCCCCC/C=C\C/C=C\CCCCC. The fourth-order valence-electron chi connectivity index (χ4n) is 5.40. The first-order valence-corrected chi connectivity index (χ1v) is 23.7. The average Bonchev–Trinajstić information content (AvgIpc) is 3.21. The van der Waals surface area contributed by atoms with E-state index in [-0.39, 0.29) is 13.0 Å². The quantitative estimate of drug-likeness (QED) is 0.0238. The number of esters is 1. The van der Waals surface area contributed by atoms with E-state index in [0.29, 0.717) is 13.0 Å². The Morgan fingerprint density at radius 2 is 0.983 bits per heavy atom. The second kappa shape index (κ2) is 43.9. The van der Waals surface area contributed by atoms with Gasteiger partial charge in [-0.1, -0.05) is 156 Å². The molecule has 3 unspecified atom stereocenters. The molecule has 0 aliphatic heterocycles. The molecular formula is C48H81O9P. The zero-order chi connectivity index (χ0) is 42.5. The van der Waals surface area contributed by atoms with Crippen LogP contribution in [0.1, 0.15) is 155 Å². The van der Waals surface area contributed by atoms with Gasteiger partial charge in [0.2, 0.25) is 0 Å². The first-order chi connectivity index (χ1) is 28.3. The molecule has 0 aromatic carbocycles. The van der Waals surface area contributed by atoms with E-state index in [1.54, 1.807) is 0 Å². The van der Waals surface area contributed by atoms with Gasteiger partial charge in [0.15, 0.2) is 0 Å². The van der Waals surface area contributed by atoms with Crippen LogP contribution in [0.15, 0.2) is 97.2 Å². The van der Waals surface area contributed by atoms with Crippen molar-refractivity contribution in [3.8, 4) is 0 Å². The summed E-state index contributed by atoms with van der Waals surface area (Å²) in [6.07, 6.45) is 55.2. The maximum Gasteiger partial charge on any atom is 0.472 e. The molecule has 0 bridgehead atoms. The lowest BCUT2D eigenvalue weighted by molar-refractivity contribution is -0.154. The Balaban J connectivity index is 4.31. The maximum absolute atomic E-state index is 12.6. The van der Waals surface area contributed by atoms with Crippen molar-refractivity contribution >= 4 is 13.8 Å². The van der Waals surface area contributed by atoms with Gasteiger partial charge in [0.1, 0.15) is 12.2 Å². The lowest BCUT2D eigenvalue weighted by Crippen LogP contribution is -2.29. The van der Waals surface area contributed by atoms with Gasteiger partial charge in [0.05, 0.1) is 26.4 Å². The van der Waals surface area contributed by atoms with Gasteiger partial charge in [-0.05, 0) is 89.9 Å². The predicted molar refractivity (Wildman–Crippen MR) is 242 cm³/mol. The molecule has 0 aromatic heterocycles. The Morgan fingerprint density at radius 3 is 1.48 bits per heavy atom. The van der Waals surface area contributed by atoms with Crippen LogP contribution in [0.4, 0.5) is 0 Å². The number of aliphatic hydroxyl groups excluding tert-OH is 2. The zero-order valence-electron chi connectivity index (χ0n) is 36.2. The molecule has 0 saturated heterocycles. The van der Waals surface area contributed by atoms with Crippen molar-refractivity contribution in [1.29, 1.82) is 0 Å². The number of hydrogen-bond donors (Lipinski definition) is 3. The van der Waals surface area contributed by atoms with E-state index >= 15 is 0 Å². The smallest absolute Gasteiger partial charge is 0.457 e. The van der Waals surface area contributed by atoms with Gasteiger partial charge in [-0.25, -0.2) is 4.57 Å². The number of ether oxygens (including phenoxy) is 2. The molecule has 332 valence electrons. The molecule has 0 heterocycles.